The van der Waals surface area contributed by atoms with Crippen LogP contribution in [0.2, 0.25) is 0 Å². The van der Waals surface area contributed by atoms with Crippen molar-refractivity contribution in [3.05, 3.63) is 0 Å². The van der Waals surface area contributed by atoms with Crippen molar-refractivity contribution in [3.8, 4) is 0 Å². The van der Waals surface area contributed by atoms with Gasteiger partial charge in [0.15, 0.2) is 0 Å². The second-order valence-electron chi connectivity index (χ2n) is 4.97. The molecular weight excluding hydrogens is 232 g/mol. The van der Waals surface area contributed by atoms with Crippen LogP contribution in [0.25, 0.3) is 0 Å². The fourth-order valence-corrected chi connectivity index (χ4v) is 3.74. The van der Waals surface area contributed by atoms with Crippen molar-refractivity contribution in [1.29, 1.82) is 0 Å². The Bertz CT molecular complexity index is 182. The van der Waals surface area contributed by atoms with Gasteiger partial charge in [0.25, 0.3) is 0 Å². The van der Waals surface area contributed by atoms with Crippen LogP contribution in [0.5, 0.6) is 0 Å². The van der Waals surface area contributed by atoms with Crippen LogP contribution in [-0.2, 0) is 4.74 Å². The van der Waals surface area contributed by atoms with Gasteiger partial charge >= 0.3 is 0 Å². The Morgan fingerprint density at radius 2 is 1.88 bits per heavy atom. The van der Waals surface area contributed by atoms with Gasteiger partial charge in [-0.2, -0.15) is 11.8 Å². The average molecular weight is 260 g/mol. The lowest BCUT2D eigenvalue weighted by molar-refractivity contribution is 0.199. The molecule has 1 aliphatic heterocycles. The van der Waals surface area contributed by atoms with Crippen molar-refractivity contribution < 1.29 is 4.74 Å². The van der Waals surface area contributed by atoms with Crippen molar-refractivity contribution in [2.75, 3.05) is 46.4 Å². The molecule has 1 heterocycles. The fourth-order valence-electron chi connectivity index (χ4n) is 2.35. The summed E-state index contributed by atoms with van der Waals surface area (Å²) in [5.74, 6) is 0. The highest BCUT2D eigenvalue weighted by atomic mass is 32.2. The predicted octanol–water partition coefficient (Wildman–Crippen LogP) is 1.83. The molecule has 0 radical (unpaired) electrons. The molecule has 2 atom stereocenters. The summed E-state index contributed by atoms with van der Waals surface area (Å²) in [7, 11) is 1.75. The van der Waals surface area contributed by atoms with E-state index in [9.17, 15) is 0 Å². The van der Waals surface area contributed by atoms with Gasteiger partial charge in [-0.15, -0.1) is 0 Å². The molecule has 0 amide bonds. The van der Waals surface area contributed by atoms with Gasteiger partial charge < -0.3 is 15.0 Å². The SMILES string of the molecule is COCCNCCCCN1CC(C)SC(C)C1. The summed E-state index contributed by atoms with van der Waals surface area (Å²) >= 11 is 2.13. The molecule has 0 spiro atoms. The molecule has 1 saturated heterocycles. The van der Waals surface area contributed by atoms with Crippen molar-refractivity contribution in [3.63, 3.8) is 0 Å². The minimum atomic E-state index is 0.804. The molecule has 2 unspecified atom stereocenters. The van der Waals surface area contributed by atoms with E-state index >= 15 is 0 Å². The van der Waals surface area contributed by atoms with Crippen molar-refractivity contribution >= 4 is 11.8 Å². The third-order valence-corrected chi connectivity index (χ3v) is 4.28. The summed E-state index contributed by atoms with van der Waals surface area (Å²) in [6.45, 7) is 11.4. The zero-order valence-electron chi connectivity index (χ0n) is 11.6. The molecule has 0 aliphatic carbocycles. The number of nitrogens with zero attached hydrogens (tertiary/aromatic N) is 1. The fraction of sp³-hybridized carbons (Fsp3) is 1.00. The number of hydrogen-bond acceptors (Lipinski definition) is 4. The standard InChI is InChI=1S/C13H28N2OS/c1-12-10-15(11-13(2)17-12)8-5-4-6-14-7-9-16-3/h12-14H,4-11H2,1-3H3. The summed E-state index contributed by atoms with van der Waals surface area (Å²) in [5.41, 5.74) is 0. The van der Waals surface area contributed by atoms with E-state index in [1.54, 1.807) is 7.11 Å². The van der Waals surface area contributed by atoms with Crippen LogP contribution in [0.3, 0.4) is 0 Å². The number of methoxy groups -OCH3 is 1. The van der Waals surface area contributed by atoms with Gasteiger partial charge in [-0.05, 0) is 25.9 Å². The maximum Gasteiger partial charge on any atom is 0.0587 e. The highest BCUT2D eigenvalue weighted by Gasteiger charge is 2.21. The smallest absolute Gasteiger partial charge is 0.0587 e. The Morgan fingerprint density at radius 3 is 2.53 bits per heavy atom. The van der Waals surface area contributed by atoms with Gasteiger partial charge in [-0.25, -0.2) is 0 Å². The van der Waals surface area contributed by atoms with Crippen LogP contribution >= 0.6 is 11.8 Å². The Hall–Kier alpha value is 0.230. The van der Waals surface area contributed by atoms with Gasteiger partial charge in [-0.3, -0.25) is 0 Å². The molecule has 0 aromatic heterocycles. The van der Waals surface area contributed by atoms with E-state index in [-0.39, 0.29) is 0 Å². The molecule has 1 aliphatic rings. The average Bonchev–Trinajstić information content (AvgIpc) is 2.26. The van der Waals surface area contributed by atoms with Crippen LogP contribution in [0.15, 0.2) is 0 Å². The monoisotopic (exact) mass is 260 g/mol. The zero-order valence-corrected chi connectivity index (χ0v) is 12.4. The molecule has 0 bridgehead atoms. The molecule has 4 heteroatoms. The van der Waals surface area contributed by atoms with Crippen molar-refractivity contribution in [1.82, 2.24) is 10.2 Å². The highest BCUT2D eigenvalue weighted by molar-refractivity contribution is 8.00. The van der Waals surface area contributed by atoms with Crippen LogP contribution < -0.4 is 5.32 Å². The van der Waals surface area contributed by atoms with E-state index in [0.717, 1.165) is 30.2 Å². The molecule has 1 fully saturated rings. The summed E-state index contributed by atoms with van der Waals surface area (Å²) in [4.78, 5) is 2.63. The molecule has 1 N–H and O–H groups in total. The topological polar surface area (TPSA) is 24.5 Å². The number of thioether (sulfide) groups is 1. The second kappa shape index (κ2) is 9.20. The Kier molecular flexibility index (Phi) is 8.27. The molecule has 0 aromatic rings. The largest absolute Gasteiger partial charge is 0.383 e. The number of ether oxygens (including phenoxy) is 1. The molecule has 3 nitrogen and oxygen atoms in total. The Balaban J connectivity index is 1.95. The minimum Gasteiger partial charge on any atom is -0.383 e. The normalized spacial score (nSPS) is 26.3. The maximum atomic E-state index is 4.99. The summed E-state index contributed by atoms with van der Waals surface area (Å²) < 4.78 is 4.99. The van der Waals surface area contributed by atoms with Gasteiger partial charge in [0.05, 0.1) is 6.61 Å². The van der Waals surface area contributed by atoms with E-state index in [2.05, 4.69) is 35.8 Å². The lowest BCUT2D eigenvalue weighted by Gasteiger charge is -2.34. The van der Waals surface area contributed by atoms with Crippen molar-refractivity contribution in [2.45, 2.75) is 37.2 Å². The lowest BCUT2D eigenvalue weighted by atomic mass is 10.2. The first-order chi connectivity index (χ1) is 8.22. The van der Waals surface area contributed by atoms with E-state index in [0.29, 0.717) is 0 Å². The zero-order chi connectivity index (χ0) is 12.5. The summed E-state index contributed by atoms with van der Waals surface area (Å²) in [6, 6.07) is 0. The molecule has 0 saturated carbocycles. The van der Waals surface area contributed by atoms with Gasteiger partial charge in [0, 0.05) is 37.2 Å². The quantitative estimate of drug-likeness (QED) is 0.673. The van der Waals surface area contributed by atoms with E-state index in [1.165, 1.54) is 32.5 Å². The van der Waals surface area contributed by atoms with Gasteiger partial charge in [-0.1, -0.05) is 13.8 Å². The summed E-state index contributed by atoms with van der Waals surface area (Å²) in [5, 5.41) is 5.00. The van der Waals surface area contributed by atoms with E-state index < -0.39 is 0 Å². The lowest BCUT2D eigenvalue weighted by Crippen LogP contribution is -2.40. The maximum absolute atomic E-state index is 4.99. The predicted molar refractivity (Wildman–Crippen MR) is 76.9 cm³/mol. The van der Waals surface area contributed by atoms with Gasteiger partial charge in [0.1, 0.15) is 0 Å². The minimum absolute atomic E-state index is 0.804. The highest BCUT2D eigenvalue weighted by Crippen LogP contribution is 2.24. The third-order valence-electron chi connectivity index (χ3n) is 3.06. The van der Waals surface area contributed by atoms with E-state index in [4.69, 9.17) is 4.74 Å². The Morgan fingerprint density at radius 1 is 1.18 bits per heavy atom. The number of unbranched alkanes of at least 4 members (excludes halogenated alkanes) is 1. The Labute approximate surface area is 111 Å². The number of rotatable bonds is 8. The first kappa shape index (κ1) is 15.3. The second-order valence-corrected chi connectivity index (χ2v) is 6.85. The summed E-state index contributed by atoms with van der Waals surface area (Å²) in [6.07, 6.45) is 2.58. The molecule has 102 valence electrons. The van der Waals surface area contributed by atoms with Crippen LogP contribution in [-0.4, -0.2) is 61.8 Å². The number of hydrogen-bond donors (Lipinski definition) is 1. The van der Waals surface area contributed by atoms with Crippen LogP contribution in [0.4, 0.5) is 0 Å². The van der Waals surface area contributed by atoms with Crippen LogP contribution in [0, 0.1) is 0 Å². The molecule has 1 rings (SSSR count). The number of nitrogens with one attached hydrogen (secondary N) is 1. The van der Waals surface area contributed by atoms with Crippen LogP contribution in [0.1, 0.15) is 26.7 Å². The van der Waals surface area contributed by atoms with Crippen molar-refractivity contribution in [2.24, 2.45) is 0 Å². The molecule has 17 heavy (non-hydrogen) atoms. The third kappa shape index (κ3) is 7.29. The van der Waals surface area contributed by atoms with E-state index in [1.807, 2.05) is 0 Å². The first-order valence-corrected chi connectivity index (χ1v) is 7.74. The molecular formula is C13H28N2OS. The molecule has 0 aromatic carbocycles. The van der Waals surface area contributed by atoms with Gasteiger partial charge in [0.2, 0.25) is 0 Å². The first-order valence-electron chi connectivity index (χ1n) is 6.80.